The van der Waals surface area contributed by atoms with Crippen LogP contribution in [0.25, 0.3) is 0 Å². The number of carbonyl (C=O) groups excluding carboxylic acids is 2. The van der Waals surface area contributed by atoms with E-state index in [-0.39, 0.29) is 0 Å². The molecule has 9 heteroatoms. The summed E-state index contributed by atoms with van der Waals surface area (Å²) < 4.78 is 72.0. The maximum Gasteiger partial charge on any atom is 0.331 e. The summed E-state index contributed by atoms with van der Waals surface area (Å²) in [5.74, 6) is -14.0. The molecule has 132 valence electrons. The van der Waals surface area contributed by atoms with Crippen LogP contribution in [0.2, 0.25) is 0 Å². The lowest BCUT2D eigenvalue weighted by molar-refractivity contribution is -0.153. The molecule has 0 aliphatic rings. The third-order valence-electron chi connectivity index (χ3n) is 2.64. The van der Waals surface area contributed by atoms with Crippen molar-refractivity contribution in [3.05, 3.63) is 47.3 Å². The lowest BCUT2D eigenvalue weighted by atomic mass is 10.0. The van der Waals surface area contributed by atoms with Gasteiger partial charge in [0.15, 0.2) is 23.3 Å². The van der Waals surface area contributed by atoms with Crippen LogP contribution in [0.3, 0.4) is 0 Å². The molecular weight excluding hydrogens is 337 g/mol. The highest BCUT2D eigenvalue weighted by Gasteiger charge is 2.37. The molecule has 0 heterocycles. The lowest BCUT2D eigenvalue weighted by Crippen LogP contribution is -2.44. The Hall–Kier alpha value is -2.45. The van der Waals surface area contributed by atoms with Gasteiger partial charge in [0.25, 0.3) is 5.91 Å². The van der Waals surface area contributed by atoms with E-state index in [1.165, 1.54) is 20.8 Å². The van der Waals surface area contributed by atoms with Crippen molar-refractivity contribution in [3.8, 4) is 0 Å². The number of benzene rings is 1. The van der Waals surface area contributed by atoms with Crippen LogP contribution in [0, 0.1) is 29.1 Å². The van der Waals surface area contributed by atoms with Gasteiger partial charge in [-0.15, -0.1) is 0 Å². The van der Waals surface area contributed by atoms with Gasteiger partial charge < -0.3 is 10.1 Å². The molecule has 1 unspecified atom stereocenters. The van der Waals surface area contributed by atoms with Crippen LogP contribution in [0.15, 0.2) is 12.7 Å². The first kappa shape index (κ1) is 19.6. The van der Waals surface area contributed by atoms with Crippen LogP contribution in [-0.2, 0) is 14.3 Å². The Bertz CT molecular complexity index is 668. The number of esters is 1. The number of hydrogen-bond donors (Lipinski definition) is 1. The highest BCUT2D eigenvalue weighted by molar-refractivity contribution is 5.88. The zero-order valence-electron chi connectivity index (χ0n) is 13.0. The smallest absolute Gasteiger partial charge is 0.331 e. The average molecular weight is 351 g/mol. The zero-order valence-corrected chi connectivity index (χ0v) is 13.0. The second-order valence-corrected chi connectivity index (χ2v) is 5.74. The van der Waals surface area contributed by atoms with E-state index < -0.39 is 58.2 Å². The van der Waals surface area contributed by atoms with E-state index in [1.54, 1.807) is 0 Å². The van der Waals surface area contributed by atoms with Gasteiger partial charge in [0.2, 0.25) is 11.9 Å². The molecule has 0 bridgehead atoms. The molecule has 0 saturated carbocycles. The third-order valence-corrected chi connectivity index (χ3v) is 2.64. The number of carbonyl (C=O) groups is 2. The fraction of sp³-hybridized carbons (Fsp3) is 0.333. The van der Waals surface area contributed by atoms with Crippen molar-refractivity contribution in [2.45, 2.75) is 32.4 Å². The standard InChI is InChI=1S/C15H14F5NO3/c1-5-6(22)24-13(14(23)21-15(2,3)4)7-8(16)10(18)12(20)11(19)9(7)17/h5,13H,1H2,2-4H3,(H,21,23). The van der Waals surface area contributed by atoms with Crippen LogP contribution >= 0.6 is 0 Å². The number of nitrogens with one attached hydrogen (secondary N) is 1. The first-order valence-corrected chi connectivity index (χ1v) is 6.57. The van der Waals surface area contributed by atoms with Gasteiger partial charge in [-0.25, -0.2) is 26.7 Å². The number of rotatable bonds is 4. The SMILES string of the molecule is C=CC(=O)OC(C(=O)NC(C)(C)C)c1c(F)c(F)c(F)c(F)c1F. The van der Waals surface area contributed by atoms with Gasteiger partial charge in [-0.2, -0.15) is 0 Å². The molecule has 24 heavy (non-hydrogen) atoms. The summed E-state index contributed by atoms with van der Waals surface area (Å²) in [4.78, 5) is 23.4. The van der Waals surface area contributed by atoms with E-state index in [2.05, 4.69) is 16.6 Å². The highest BCUT2D eigenvalue weighted by atomic mass is 19.2. The monoisotopic (exact) mass is 351 g/mol. The van der Waals surface area contributed by atoms with E-state index in [0.29, 0.717) is 6.08 Å². The summed E-state index contributed by atoms with van der Waals surface area (Å²) in [6.07, 6.45) is -1.82. The molecule has 0 aromatic heterocycles. The third kappa shape index (κ3) is 4.09. The fourth-order valence-electron chi connectivity index (χ4n) is 1.70. The van der Waals surface area contributed by atoms with Crippen LogP contribution in [0.1, 0.15) is 32.4 Å². The Labute approximate surface area is 134 Å². The summed E-state index contributed by atoms with van der Waals surface area (Å²) in [5, 5.41) is 2.23. The molecule has 0 radical (unpaired) electrons. The van der Waals surface area contributed by atoms with Crippen molar-refractivity contribution >= 4 is 11.9 Å². The van der Waals surface area contributed by atoms with Gasteiger partial charge in [0.05, 0.1) is 5.56 Å². The topological polar surface area (TPSA) is 55.4 Å². The van der Waals surface area contributed by atoms with Crippen molar-refractivity contribution in [1.29, 1.82) is 0 Å². The van der Waals surface area contributed by atoms with Crippen LogP contribution in [0.4, 0.5) is 22.0 Å². The van der Waals surface area contributed by atoms with Gasteiger partial charge in [-0.3, -0.25) is 4.79 Å². The van der Waals surface area contributed by atoms with E-state index in [1.807, 2.05) is 0 Å². The molecule has 1 aromatic rings. The molecule has 1 aromatic carbocycles. The van der Waals surface area contributed by atoms with Crippen LogP contribution in [-0.4, -0.2) is 17.4 Å². The maximum absolute atomic E-state index is 13.9. The Morgan fingerprint density at radius 2 is 1.42 bits per heavy atom. The predicted molar refractivity (Wildman–Crippen MR) is 73.2 cm³/mol. The van der Waals surface area contributed by atoms with Gasteiger partial charge in [-0.05, 0) is 20.8 Å². The molecule has 1 N–H and O–H groups in total. The minimum absolute atomic E-state index is 0.573. The summed E-state index contributed by atoms with van der Waals surface area (Å²) in [6, 6.07) is 0. The molecule has 0 fully saturated rings. The molecular formula is C15H14F5NO3. The van der Waals surface area contributed by atoms with E-state index in [4.69, 9.17) is 0 Å². The van der Waals surface area contributed by atoms with Gasteiger partial charge in [0, 0.05) is 11.6 Å². The second-order valence-electron chi connectivity index (χ2n) is 5.74. The molecule has 1 rings (SSSR count). The van der Waals surface area contributed by atoms with Crippen LogP contribution < -0.4 is 5.32 Å². The van der Waals surface area contributed by atoms with Gasteiger partial charge in [-0.1, -0.05) is 6.58 Å². The molecule has 0 aliphatic carbocycles. The van der Waals surface area contributed by atoms with Crippen LogP contribution in [0.5, 0.6) is 0 Å². The quantitative estimate of drug-likeness (QED) is 0.298. The molecule has 0 saturated heterocycles. The zero-order chi connectivity index (χ0) is 18.8. The molecule has 0 spiro atoms. The second kappa shape index (κ2) is 6.98. The molecule has 1 amide bonds. The summed E-state index contributed by atoms with van der Waals surface area (Å²) in [5.41, 5.74) is -2.50. The molecule has 1 atom stereocenters. The maximum atomic E-state index is 13.9. The number of ether oxygens (including phenoxy) is 1. The highest BCUT2D eigenvalue weighted by Crippen LogP contribution is 2.30. The molecule has 0 aliphatic heterocycles. The fourth-order valence-corrected chi connectivity index (χ4v) is 1.70. The average Bonchev–Trinajstić information content (AvgIpc) is 2.48. The van der Waals surface area contributed by atoms with Crippen molar-refractivity contribution in [2.24, 2.45) is 0 Å². The Balaban J connectivity index is 3.53. The van der Waals surface area contributed by atoms with Gasteiger partial charge >= 0.3 is 5.97 Å². The Kier molecular flexibility index (Phi) is 5.70. The van der Waals surface area contributed by atoms with E-state index in [9.17, 15) is 31.5 Å². The van der Waals surface area contributed by atoms with Crippen molar-refractivity contribution in [1.82, 2.24) is 5.32 Å². The largest absolute Gasteiger partial charge is 0.444 e. The summed E-state index contributed by atoms with van der Waals surface area (Å²) in [7, 11) is 0. The Morgan fingerprint density at radius 3 is 1.79 bits per heavy atom. The van der Waals surface area contributed by atoms with Crippen molar-refractivity contribution in [3.63, 3.8) is 0 Å². The summed E-state index contributed by atoms with van der Waals surface area (Å²) >= 11 is 0. The van der Waals surface area contributed by atoms with E-state index >= 15 is 0 Å². The van der Waals surface area contributed by atoms with Crippen molar-refractivity contribution in [2.75, 3.05) is 0 Å². The normalized spacial score (nSPS) is 12.5. The van der Waals surface area contributed by atoms with Gasteiger partial charge in [0.1, 0.15) is 0 Å². The first-order chi connectivity index (χ1) is 10.9. The summed E-state index contributed by atoms with van der Waals surface area (Å²) in [6.45, 7) is 7.52. The Morgan fingerprint density at radius 1 is 1.00 bits per heavy atom. The number of halogens is 5. The minimum Gasteiger partial charge on any atom is -0.444 e. The predicted octanol–water partition coefficient (Wildman–Crippen LogP) is 3.07. The number of amides is 1. The first-order valence-electron chi connectivity index (χ1n) is 6.57. The lowest BCUT2D eigenvalue weighted by Gasteiger charge is -2.25. The number of hydrogen-bond acceptors (Lipinski definition) is 3. The minimum atomic E-state index is -2.39. The molecule has 4 nitrogen and oxygen atoms in total. The van der Waals surface area contributed by atoms with Crippen molar-refractivity contribution < 1.29 is 36.3 Å². The van der Waals surface area contributed by atoms with E-state index in [0.717, 1.165) is 0 Å².